The van der Waals surface area contributed by atoms with Crippen LogP contribution >= 0.6 is 23.2 Å². The van der Waals surface area contributed by atoms with Crippen LogP contribution in [0.3, 0.4) is 0 Å². The zero-order chi connectivity index (χ0) is 20.1. The van der Waals surface area contributed by atoms with Gasteiger partial charge in [0.1, 0.15) is 12.6 Å². The molecule has 2 aromatic carbocycles. The number of aromatic nitrogens is 1. The molecular formula is C21H16Cl2N4O2. The predicted molar refractivity (Wildman–Crippen MR) is 112 cm³/mol. The normalized spacial score (nSPS) is 19.2. The molecule has 0 saturated carbocycles. The van der Waals surface area contributed by atoms with Crippen LogP contribution in [-0.2, 0) is 22.6 Å². The van der Waals surface area contributed by atoms with Crippen LogP contribution in [-0.4, -0.2) is 45.5 Å². The van der Waals surface area contributed by atoms with Gasteiger partial charge in [0.05, 0.1) is 17.8 Å². The smallest absolute Gasteiger partial charge is 0.266 e. The number of para-hydroxylation sites is 1. The molecule has 1 N–H and O–H groups in total. The first-order valence-corrected chi connectivity index (χ1v) is 9.95. The van der Waals surface area contributed by atoms with Gasteiger partial charge in [-0.25, -0.2) is 5.01 Å². The standard InChI is InChI=1S/C21H16Cl2N4O2/c22-13-6-5-12(16(23)7-13)9-24-27-11-20(28)26-10-18-15(8-19(26)21(27)29)14-3-1-2-4-17(14)25-18/h1-7,9,19,25H,8,10-11H2. The minimum atomic E-state index is -0.555. The Balaban J connectivity index is 1.44. The molecule has 5 rings (SSSR count). The quantitative estimate of drug-likeness (QED) is 0.635. The van der Waals surface area contributed by atoms with Crippen molar-refractivity contribution in [3.63, 3.8) is 0 Å². The van der Waals surface area contributed by atoms with E-state index in [1.165, 1.54) is 11.2 Å². The maximum Gasteiger partial charge on any atom is 0.266 e. The Morgan fingerprint density at radius 2 is 1.93 bits per heavy atom. The Morgan fingerprint density at radius 1 is 1.10 bits per heavy atom. The summed E-state index contributed by atoms with van der Waals surface area (Å²) in [7, 11) is 0. The molecule has 0 bridgehead atoms. The van der Waals surface area contributed by atoms with Crippen LogP contribution < -0.4 is 0 Å². The highest BCUT2D eigenvalue weighted by atomic mass is 35.5. The fourth-order valence-corrected chi connectivity index (χ4v) is 4.45. The number of carbonyl (C=O) groups excluding carboxylic acids is 2. The number of nitrogens with zero attached hydrogens (tertiary/aromatic N) is 3. The summed E-state index contributed by atoms with van der Waals surface area (Å²) < 4.78 is 0. The Kier molecular flexibility index (Phi) is 4.33. The first-order chi connectivity index (χ1) is 14.0. The molecule has 8 heteroatoms. The van der Waals surface area contributed by atoms with Crippen molar-refractivity contribution in [2.45, 2.75) is 19.0 Å². The number of H-pyrrole nitrogens is 1. The molecule has 2 aliphatic rings. The van der Waals surface area contributed by atoms with Crippen LogP contribution in [0.5, 0.6) is 0 Å². The Bertz CT molecular complexity index is 1190. The molecule has 2 aliphatic heterocycles. The van der Waals surface area contributed by atoms with Crippen molar-refractivity contribution in [1.82, 2.24) is 14.9 Å². The summed E-state index contributed by atoms with van der Waals surface area (Å²) in [5.41, 5.74) is 3.73. The average molecular weight is 427 g/mol. The van der Waals surface area contributed by atoms with E-state index >= 15 is 0 Å². The van der Waals surface area contributed by atoms with E-state index in [-0.39, 0.29) is 18.4 Å². The van der Waals surface area contributed by atoms with Crippen molar-refractivity contribution < 1.29 is 9.59 Å². The maximum atomic E-state index is 13.1. The van der Waals surface area contributed by atoms with Gasteiger partial charge in [-0.1, -0.05) is 47.5 Å². The molecule has 0 spiro atoms. The molecule has 1 unspecified atom stereocenters. The molecule has 6 nitrogen and oxygen atoms in total. The number of piperazine rings is 1. The SMILES string of the molecule is O=C1C2Cc3c([nH]c4ccccc34)CN2C(=O)CN1N=Cc1ccc(Cl)cc1Cl. The fourth-order valence-electron chi connectivity index (χ4n) is 4.00. The summed E-state index contributed by atoms with van der Waals surface area (Å²) >= 11 is 12.1. The van der Waals surface area contributed by atoms with Gasteiger partial charge in [-0.2, -0.15) is 5.10 Å². The highest BCUT2D eigenvalue weighted by Gasteiger charge is 2.43. The van der Waals surface area contributed by atoms with E-state index < -0.39 is 6.04 Å². The van der Waals surface area contributed by atoms with Gasteiger partial charge >= 0.3 is 0 Å². The van der Waals surface area contributed by atoms with E-state index in [2.05, 4.69) is 10.1 Å². The molecule has 0 aliphatic carbocycles. The van der Waals surface area contributed by atoms with Crippen LogP contribution in [0.2, 0.25) is 10.0 Å². The van der Waals surface area contributed by atoms with Crippen molar-refractivity contribution in [2.75, 3.05) is 6.54 Å². The van der Waals surface area contributed by atoms with Gasteiger partial charge in [0.2, 0.25) is 5.91 Å². The molecular weight excluding hydrogens is 411 g/mol. The molecule has 3 heterocycles. The molecule has 1 aromatic heterocycles. The van der Waals surface area contributed by atoms with Crippen molar-refractivity contribution in [3.8, 4) is 0 Å². The number of amides is 2. The highest BCUT2D eigenvalue weighted by molar-refractivity contribution is 6.36. The van der Waals surface area contributed by atoms with Crippen LogP contribution in [0.4, 0.5) is 0 Å². The van der Waals surface area contributed by atoms with E-state index in [1.54, 1.807) is 23.1 Å². The number of hydrogen-bond acceptors (Lipinski definition) is 3. The van der Waals surface area contributed by atoms with Crippen molar-refractivity contribution in [1.29, 1.82) is 0 Å². The summed E-state index contributed by atoms with van der Waals surface area (Å²) in [5.74, 6) is -0.319. The van der Waals surface area contributed by atoms with Crippen LogP contribution in [0.1, 0.15) is 16.8 Å². The lowest BCUT2D eigenvalue weighted by atomic mass is 9.94. The number of aromatic amines is 1. The molecule has 3 aromatic rings. The Morgan fingerprint density at radius 3 is 2.76 bits per heavy atom. The monoisotopic (exact) mass is 426 g/mol. The van der Waals surface area contributed by atoms with Crippen molar-refractivity contribution in [3.05, 3.63) is 69.3 Å². The lowest BCUT2D eigenvalue weighted by Gasteiger charge is -2.40. The topological polar surface area (TPSA) is 68.8 Å². The number of benzene rings is 2. The molecule has 1 saturated heterocycles. The molecule has 1 fully saturated rings. The zero-order valence-electron chi connectivity index (χ0n) is 15.2. The van der Waals surface area contributed by atoms with Gasteiger partial charge in [0, 0.05) is 33.6 Å². The summed E-state index contributed by atoms with van der Waals surface area (Å²) in [6.07, 6.45) is 1.96. The van der Waals surface area contributed by atoms with Gasteiger partial charge in [-0.05, 0) is 23.8 Å². The van der Waals surface area contributed by atoms with Crippen molar-refractivity contribution >= 4 is 52.1 Å². The number of halogens is 2. The van der Waals surface area contributed by atoms with Crippen LogP contribution in [0.15, 0.2) is 47.6 Å². The van der Waals surface area contributed by atoms with Gasteiger partial charge < -0.3 is 9.88 Å². The molecule has 2 amide bonds. The van der Waals surface area contributed by atoms with Crippen LogP contribution in [0.25, 0.3) is 10.9 Å². The molecule has 146 valence electrons. The third-order valence-electron chi connectivity index (χ3n) is 5.45. The lowest BCUT2D eigenvalue weighted by molar-refractivity contribution is -0.157. The first-order valence-electron chi connectivity index (χ1n) is 9.19. The molecule has 1 atom stereocenters. The van der Waals surface area contributed by atoms with Gasteiger partial charge in [0.15, 0.2) is 0 Å². The van der Waals surface area contributed by atoms with E-state index in [9.17, 15) is 9.59 Å². The zero-order valence-corrected chi connectivity index (χ0v) is 16.7. The lowest BCUT2D eigenvalue weighted by Crippen LogP contribution is -2.60. The third kappa shape index (κ3) is 3.09. The number of fused-ring (bicyclic) bond motifs is 4. The maximum absolute atomic E-state index is 13.1. The highest BCUT2D eigenvalue weighted by Crippen LogP contribution is 2.32. The molecule has 29 heavy (non-hydrogen) atoms. The van der Waals surface area contributed by atoms with E-state index in [4.69, 9.17) is 23.2 Å². The summed E-state index contributed by atoms with van der Waals surface area (Å²) in [6.45, 7) is 0.312. The summed E-state index contributed by atoms with van der Waals surface area (Å²) in [6, 6.07) is 12.4. The van der Waals surface area contributed by atoms with Gasteiger partial charge in [-0.3, -0.25) is 9.59 Å². The number of nitrogens with one attached hydrogen (secondary N) is 1. The second kappa shape index (κ2) is 6.90. The number of hydrogen-bond donors (Lipinski definition) is 1. The summed E-state index contributed by atoms with van der Waals surface area (Å²) in [4.78, 5) is 30.8. The van der Waals surface area contributed by atoms with E-state index in [1.807, 2.05) is 24.3 Å². The van der Waals surface area contributed by atoms with Gasteiger partial charge in [0.25, 0.3) is 5.91 Å². The number of rotatable bonds is 2. The Labute approximate surface area is 176 Å². The third-order valence-corrected chi connectivity index (χ3v) is 6.01. The minimum absolute atomic E-state index is 0.0907. The Hall–Kier alpha value is -2.83. The minimum Gasteiger partial charge on any atom is -0.357 e. The average Bonchev–Trinajstić information content (AvgIpc) is 3.07. The molecule has 0 radical (unpaired) electrons. The number of carbonyl (C=O) groups is 2. The van der Waals surface area contributed by atoms with E-state index in [0.717, 1.165) is 22.2 Å². The van der Waals surface area contributed by atoms with E-state index in [0.29, 0.717) is 28.6 Å². The largest absolute Gasteiger partial charge is 0.357 e. The first kappa shape index (κ1) is 18.2. The summed E-state index contributed by atoms with van der Waals surface area (Å²) in [5, 5.41) is 7.52. The second-order valence-corrected chi connectivity index (χ2v) is 8.02. The number of hydrazone groups is 1. The van der Waals surface area contributed by atoms with Crippen LogP contribution in [0, 0.1) is 0 Å². The second-order valence-electron chi connectivity index (χ2n) is 7.18. The van der Waals surface area contributed by atoms with Gasteiger partial charge in [-0.15, -0.1) is 0 Å². The van der Waals surface area contributed by atoms with Crippen molar-refractivity contribution in [2.24, 2.45) is 5.10 Å². The fraction of sp³-hybridized carbons (Fsp3) is 0.190. The predicted octanol–water partition coefficient (Wildman–Crippen LogP) is 3.60.